The average molecular weight is 306 g/mol. The first kappa shape index (κ1) is 13.4. The first-order chi connectivity index (χ1) is 11.2. The Morgan fingerprint density at radius 2 is 1.70 bits per heavy atom. The number of fused-ring (bicyclic) bond motifs is 1. The second-order valence-corrected chi connectivity index (χ2v) is 5.06. The lowest BCUT2D eigenvalue weighted by Gasteiger charge is -2.03. The summed E-state index contributed by atoms with van der Waals surface area (Å²) in [6.07, 6.45) is 4.95. The quantitative estimate of drug-likeness (QED) is 0.619. The van der Waals surface area contributed by atoms with E-state index < -0.39 is 0 Å². The number of halogens is 1. The largest absolute Gasteiger partial charge is 0.306 e. The van der Waals surface area contributed by atoms with Crippen LogP contribution in [0.5, 0.6) is 0 Å². The molecule has 4 aromatic rings. The van der Waals surface area contributed by atoms with E-state index in [1.807, 2.05) is 12.1 Å². The number of hydrogen-bond donors (Lipinski definition) is 1. The van der Waals surface area contributed by atoms with Crippen molar-refractivity contribution < 1.29 is 4.39 Å². The topological polar surface area (TPSA) is 63.1 Å². The van der Waals surface area contributed by atoms with Gasteiger partial charge in [-0.15, -0.1) is 0 Å². The number of hydrogen-bond acceptors (Lipinski definition) is 3. The molecule has 0 radical (unpaired) electrons. The van der Waals surface area contributed by atoms with E-state index in [-0.39, 0.29) is 11.4 Å². The number of aromatic nitrogens is 4. The number of benzene rings is 1. The van der Waals surface area contributed by atoms with Crippen LogP contribution in [0.4, 0.5) is 4.39 Å². The van der Waals surface area contributed by atoms with Gasteiger partial charge < -0.3 is 4.98 Å². The van der Waals surface area contributed by atoms with E-state index >= 15 is 0 Å². The fourth-order valence-electron chi connectivity index (χ4n) is 2.56. The molecule has 3 heterocycles. The molecule has 112 valence electrons. The number of H-pyrrole nitrogens is 1. The summed E-state index contributed by atoms with van der Waals surface area (Å²) in [5, 5.41) is 4.53. The SMILES string of the molecule is O=c1ccn2nc(-c3ccc(F)cc3)c(-c3ccncc3)c2[nH]1. The van der Waals surface area contributed by atoms with Gasteiger partial charge in [-0.25, -0.2) is 8.91 Å². The molecule has 4 rings (SSSR count). The van der Waals surface area contributed by atoms with Crippen LogP contribution in [0.25, 0.3) is 28.0 Å². The van der Waals surface area contributed by atoms with Crippen LogP contribution in [0.2, 0.25) is 0 Å². The molecule has 0 unspecified atom stereocenters. The molecule has 6 heteroatoms. The predicted molar refractivity (Wildman–Crippen MR) is 84.4 cm³/mol. The number of aromatic amines is 1. The number of rotatable bonds is 2. The van der Waals surface area contributed by atoms with Gasteiger partial charge in [0.2, 0.25) is 0 Å². The molecule has 0 aliphatic carbocycles. The van der Waals surface area contributed by atoms with Crippen LogP contribution in [0.3, 0.4) is 0 Å². The molecular weight excluding hydrogens is 295 g/mol. The summed E-state index contributed by atoms with van der Waals surface area (Å²) in [7, 11) is 0. The van der Waals surface area contributed by atoms with Crippen molar-refractivity contribution in [2.45, 2.75) is 0 Å². The van der Waals surface area contributed by atoms with Gasteiger partial charge in [-0.2, -0.15) is 5.10 Å². The molecular formula is C17H11FN4O. The maximum absolute atomic E-state index is 13.2. The smallest absolute Gasteiger partial charge is 0.251 e. The Hall–Kier alpha value is -3.28. The number of pyridine rings is 1. The number of nitrogens with one attached hydrogen (secondary N) is 1. The van der Waals surface area contributed by atoms with Gasteiger partial charge in [0.15, 0.2) is 0 Å². The first-order valence-corrected chi connectivity index (χ1v) is 7.00. The normalized spacial score (nSPS) is 11.0. The molecule has 1 N–H and O–H groups in total. The van der Waals surface area contributed by atoms with Gasteiger partial charge in [-0.3, -0.25) is 9.78 Å². The molecule has 0 spiro atoms. The van der Waals surface area contributed by atoms with Crippen molar-refractivity contribution in [3.63, 3.8) is 0 Å². The van der Waals surface area contributed by atoms with E-state index in [1.165, 1.54) is 18.2 Å². The Morgan fingerprint density at radius 1 is 0.957 bits per heavy atom. The van der Waals surface area contributed by atoms with Crippen LogP contribution >= 0.6 is 0 Å². The van der Waals surface area contributed by atoms with E-state index in [0.29, 0.717) is 11.3 Å². The molecule has 0 bridgehead atoms. The van der Waals surface area contributed by atoms with Gasteiger partial charge in [0, 0.05) is 30.2 Å². The van der Waals surface area contributed by atoms with E-state index in [0.717, 1.165) is 16.7 Å². The van der Waals surface area contributed by atoms with Crippen molar-refractivity contribution in [2.24, 2.45) is 0 Å². The Kier molecular flexibility index (Phi) is 3.01. The highest BCUT2D eigenvalue weighted by molar-refractivity contribution is 5.90. The standard InChI is InChI=1S/C17H11FN4O/c18-13-3-1-12(2-4-13)16-15(11-5-8-19-9-6-11)17-20-14(23)7-10-22(17)21-16/h1-10H,(H,20,23). The Balaban J connectivity index is 2.07. The first-order valence-electron chi connectivity index (χ1n) is 7.00. The maximum atomic E-state index is 13.2. The highest BCUT2D eigenvalue weighted by Crippen LogP contribution is 2.33. The fourth-order valence-corrected chi connectivity index (χ4v) is 2.56. The molecule has 0 saturated carbocycles. The van der Waals surface area contributed by atoms with Crippen LogP contribution in [0, 0.1) is 5.82 Å². The summed E-state index contributed by atoms with van der Waals surface area (Å²) >= 11 is 0. The van der Waals surface area contributed by atoms with E-state index in [1.54, 1.807) is 35.2 Å². The predicted octanol–water partition coefficient (Wildman–Crippen LogP) is 2.89. The summed E-state index contributed by atoms with van der Waals surface area (Å²) in [4.78, 5) is 18.5. The van der Waals surface area contributed by atoms with Gasteiger partial charge in [0.1, 0.15) is 17.2 Å². The zero-order valence-corrected chi connectivity index (χ0v) is 11.9. The monoisotopic (exact) mass is 306 g/mol. The van der Waals surface area contributed by atoms with Crippen LogP contribution < -0.4 is 5.56 Å². The maximum Gasteiger partial charge on any atom is 0.251 e. The lowest BCUT2D eigenvalue weighted by molar-refractivity contribution is 0.628. The second-order valence-electron chi connectivity index (χ2n) is 5.06. The minimum Gasteiger partial charge on any atom is -0.306 e. The molecule has 3 aromatic heterocycles. The van der Waals surface area contributed by atoms with Crippen molar-refractivity contribution in [3.8, 4) is 22.4 Å². The molecule has 0 fully saturated rings. The molecule has 0 amide bonds. The van der Waals surface area contributed by atoms with Crippen molar-refractivity contribution in [1.82, 2.24) is 19.6 Å². The summed E-state index contributed by atoms with van der Waals surface area (Å²) < 4.78 is 14.8. The van der Waals surface area contributed by atoms with Crippen LogP contribution in [-0.4, -0.2) is 19.6 Å². The zero-order valence-electron chi connectivity index (χ0n) is 11.9. The van der Waals surface area contributed by atoms with Gasteiger partial charge in [-0.05, 0) is 42.0 Å². The Morgan fingerprint density at radius 3 is 2.43 bits per heavy atom. The van der Waals surface area contributed by atoms with Gasteiger partial charge >= 0.3 is 0 Å². The minimum absolute atomic E-state index is 0.210. The summed E-state index contributed by atoms with van der Waals surface area (Å²) in [6, 6.07) is 11.2. The summed E-state index contributed by atoms with van der Waals surface area (Å²) in [5.74, 6) is -0.309. The van der Waals surface area contributed by atoms with E-state index in [9.17, 15) is 9.18 Å². The third-order valence-electron chi connectivity index (χ3n) is 3.61. The average Bonchev–Trinajstić information content (AvgIpc) is 2.95. The van der Waals surface area contributed by atoms with Gasteiger partial charge in [-0.1, -0.05) is 0 Å². The fraction of sp³-hybridized carbons (Fsp3) is 0. The van der Waals surface area contributed by atoms with Crippen LogP contribution in [0.15, 0.2) is 65.8 Å². The van der Waals surface area contributed by atoms with Crippen molar-refractivity contribution in [2.75, 3.05) is 0 Å². The molecule has 0 atom stereocenters. The summed E-state index contributed by atoms with van der Waals surface area (Å²) in [6.45, 7) is 0. The Bertz CT molecular complexity index is 1040. The third kappa shape index (κ3) is 2.30. The van der Waals surface area contributed by atoms with Crippen molar-refractivity contribution in [1.29, 1.82) is 0 Å². The highest BCUT2D eigenvalue weighted by Gasteiger charge is 2.17. The molecule has 0 aliphatic rings. The van der Waals surface area contributed by atoms with Crippen molar-refractivity contribution >= 4 is 5.65 Å². The molecule has 1 aromatic carbocycles. The van der Waals surface area contributed by atoms with Gasteiger partial charge in [0.25, 0.3) is 5.56 Å². The summed E-state index contributed by atoms with van der Waals surface area (Å²) in [5.41, 5.74) is 3.45. The van der Waals surface area contributed by atoms with E-state index in [2.05, 4.69) is 15.1 Å². The highest BCUT2D eigenvalue weighted by atomic mass is 19.1. The minimum atomic E-state index is -0.309. The molecule has 23 heavy (non-hydrogen) atoms. The number of nitrogens with zero attached hydrogens (tertiary/aromatic N) is 3. The lowest BCUT2D eigenvalue weighted by atomic mass is 10.0. The molecule has 0 saturated heterocycles. The van der Waals surface area contributed by atoms with Crippen molar-refractivity contribution in [3.05, 3.63) is 77.2 Å². The van der Waals surface area contributed by atoms with Crippen LogP contribution in [-0.2, 0) is 0 Å². The van der Waals surface area contributed by atoms with E-state index in [4.69, 9.17) is 0 Å². The third-order valence-corrected chi connectivity index (χ3v) is 3.61. The zero-order chi connectivity index (χ0) is 15.8. The Labute approximate surface area is 130 Å². The van der Waals surface area contributed by atoms with Crippen LogP contribution in [0.1, 0.15) is 0 Å². The van der Waals surface area contributed by atoms with Gasteiger partial charge in [0.05, 0.1) is 5.56 Å². The molecule has 5 nitrogen and oxygen atoms in total. The molecule has 0 aliphatic heterocycles. The lowest BCUT2D eigenvalue weighted by Crippen LogP contribution is -2.06. The second kappa shape index (κ2) is 5.17.